The Bertz CT molecular complexity index is 2470. The van der Waals surface area contributed by atoms with Gasteiger partial charge < -0.3 is 35.1 Å². The maximum absolute atomic E-state index is 17.4. The average Bonchev–Trinajstić information content (AvgIpc) is 3.53. The minimum absolute atomic E-state index is 0.0239. The van der Waals surface area contributed by atoms with Gasteiger partial charge in [0.05, 0.1) is 12.0 Å². The van der Waals surface area contributed by atoms with Gasteiger partial charge in [-0.05, 0) is 118 Å². The summed E-state index contributed by atoms with van der Waals surface area (Å²) in [4.78, 5) is 81.3. The molecular weight excluding hydrogens is 857 g/mol. The quantitative estimate of drug-likeness (QED) is 0.0967. The van der Waals surface area contributed by atoms with Gasteiger partial charge in [0.2, 0.25) is 11.7 Å². The molecule has 3 aromatic rings. The summed E-state index contributed by atoms with van der Waals surface area (Å²) in [6.07, 6.45) is 2.01. The second kappa shape index (κ2) is 18.4. The molecule has 1 aromatic heterocycles. The lowest BCUT2D eigenvalue weighted by Crippen LogP contribution is -2.70. The number of ketones is 2. The lowest BCUT2D eigenvalue weighted by atomic mass is 9.44. The fraction of sp³-hybridized carbons (Fsp3) is 0.500. The summed E-state index contributed by atoms with van der Waals surface area (Å²) >= 11 is 0. The van der Waals surface area contributed by atoms with Crippen LogP contribution in [0.3, 0.4) is 0 Å². The number of benzene rings is 2. The number of aliphatic hydroxyl groups is 2. The topological polar surface area (TPSA) is 208 Å². The highest BCUT2D eigenvalue weighted by Crippen LogP contribution is 2.70. The number of alkyl carbamates (subject to hydrolysis) is 1. The van der Waals surface area contributed by atoms with E-state index in [1.165, 1.54) is 19.1 Å². The maximum atomic E-state index is 17.4. The number of nitrogens with zero attached hydrogens (tertiary/aromatic N) is 1. The van der Waals surface area contributed by atoms with Gasteiger partial charge in [0.1, 0.15) is 24.0 Å². The summed E-state index contributed by atoms with van der Waals surface area (Å²) in [6.45, 7) is 7.29. The smallest absolute Gasteiger partial charge is 0.407 e. The van der Waals surface area contributed by atoms with Crippen molar-refractivity contribution in [2.24, 2.45) is 22.7 Å². The number of carbonyl (C=O) groups excluding carboxylic acids is 6. The predicted molar refractivity (Wildman–Crippen MR) is 237 cm³/mol. The van der Waals surface area contributed by atoms with E-state index in [0.717, 1.165) is 16.8 Å². The van der Waals surface area contributed by atoms with Crippen LogP contribution in [-0.4, -0.2) is 93.0 Å². The molecule has 0 bridgehead atoms. The van der Waals surface area contributed by atoms with Crippen LogP contribution < -0.4 is 10.6 Å². The number of allylic oxidation sites excluding steroid dienone is 4. The largest absolute Gasteiger partial charge is 0.461 e. The number of anilines is 1. The number of esters is 2. The molecule has 2 amide bonds. The van der Waals surface area contributed by atoms with Gasteiger partial charge in [-0.25, -0.2) is 13.6 Å². The molecular formula is C50H57F2N3O11. The molecule has 2 aromatic carbocycles. The number of aliphatic hydroxyl groups excluding tert-OH is 1. The number of Topliss-reactive ketones (excluding diaryl/α,β-unsaturated/α-hetero) is 1. The summed E-state index contributed by atoms with van der Waals surface area (Å²) in [5, 5.41) is 30.8. The molecule has 3 saturated carbocycles. The van der Waals surface area contributed by atoms with Crippen molar-refractivity contribution in [1.82, 2.24) is 10.3 Å². The van der Waals surface area contributed by atoms with Gasteiger partial charge in [-0.2, -0.15) is 0 Å². The Hall–Kier alpha value is -5.87. The number of alkyl halides is 2. The van der Waals surface area contributed by atoms with Crippen LogP contribution in [-0.2, 0) is 44.8 Å². The molecule has 352 valence electrons. The van der Waals surface area contributed by atoms with Gasteiger partial charge in [-0.1, -0.05) is 43.3 Å². The SMILES string of the molecule is CC(C)(C)OC(=O)NC[C@@H](C(=O)Nc1ccc2cnccc2c1)c1ccc(COC(=O)CCCC(=O)OCC(=O)[C@@]2(O)CC[C@H]3[C@@H]4C[C@H](F)C5=CC(=O)C=C[C@]5(C)[C@@]4(F)[C@@H](O)C[C@@]32C)cc1. The zero-order valence-corrected chi connectivity index (χ0v) is 37.7. The number of hydrogen-bond donors (Lipinski definition) is 4. The Kier molecular flexibility index (Phi) is 13.4. The summed E-state index contributed by atoms with van der Waals surface area (Å²) in [5.74, 6) is -5.64. The number of ether oxygens (including phenoxy) is 3. The molecule has 7 rings (SSSR count). The number of rotatable bonds is 14. The average molecular weight is 914 g/mol. The minimum atomic E-state index is -2.36. The highest BCUT2D eigenvalue weighted by Gasteiger charge is 2.75. The van der Waals surface area contributed by atoms with E-state index in [2.05, 4.69) is 15.6 Å². The molecule has 0 radical (unpaired) electrons. The van der Waals surface area contributed by atoms with Crippen molar-refractivity contribution in [3.8, 4) is 0 Å². The van der Waals surface area contributed by atoms with Gasteiger partial charge >= 0.3 is 18.0 Å². The number of amides is 2. The Labute approximate surface area is 381 Å². The van der Waals surface area contributed by atoms with Crippen LogP contribution in [0.4, 0.5) is 19.3 Å². The van der Waals surface area contributed by atoms with Gasteiger partial charge in [-0.3, -0.25) is 29.0 Å². The monoisotopic (exact) mass is 913 g/mol. The van der Waals surface area contributed by atoms with E-state index in [1.807, 2.05) is 18.2 Å². The third kappa shape index (κ3) is 9.26. The molecule has 66 heavy (non-hydrogen) atoms. The van der Waals surface area contributed by atoms with Crippen molar-refractivity contribution in [2.75, 3.05) is 18.5 Å². The normalized spacial score (nSPS) is 29.3. The molecule has 0 aliphatic heterocycles. The van der Waals surface area contributed by atoms with Crippen molar-refractivity contribution in [3.05, 3.63) is 95.9 Å². The predicted octanol–water partition coefficient (Wildman–Crippen LogP) is 6.86. The fourth-order valence-electron chi connectivity index (χ4n) is 10.7. The van der Waals surface area contributed by atoms with Crippen molar-refractivity contribution in [3.63, 3.8) is 0 Å². The third-order valence-corrected chi connectivity index (χ3v) is 14.2. The Morgan fingerprint density at radius 2 is 1.68 bits per heavy atom. The number of nitrogens with one attached hydrogen (secondary N) is 2. The number of carbonyl (C=O) groups is 6. The lowest BCUT2D eigenvalue weighted by molar-refractivity contribution is -0.222. The lowest BCUT2D eigenvalue weighted by Gasteiger charge is -2.63. The van der Waals surface area contributed by atoms with Gasteiger partial charge in [0.15, 0.2) is 18.1 Å². The Balaban J connectivity index is 0.886. The van der Waals surface area contributed by atoms with Crippen LogP contribution in [0.25, 0.3) is 10.8 Å². The van der Waals surface area contributed by atoms with Gasteiger partial charge in [0.25, 0.3) is 0 Å². The van der Waals surface area contributed by atoms with E-state index in [4.69, 9.17) is 14.2 Å². The number of halogens is 2. The highest BCUT2D eigenvalue weighted by atomic mass is 19.1. The summed E-state index contributed by atoms with van der Waals surface area (Å²) in [7, 11) is 0. The second-order valence-corrected chi connectivity index (χ2v) is 19.5. The van der Waals surface area contributed by atoms with Crippen molar-refractivity contribution in [1.29, 1.82) is 0 Å². The molecule has 16 heteroatoms. The van der Waals surface area contributed by atoms with E-state index < -0.39 is 93.9 Å². The first-order valence-electron chi connectivity index (χ1n) is 22.3. The third-order valence-electron chi connectivity index (χ3n) is 14.2. The van der Waals surface area contributed by atoms with Crippen molar-refractivity contribution >= 4 is 52.0 Å². The zero-order chi connectivity index (χ0) is 47.8. The van der Waals surface area contributed by atoms with E-state index in [1.54, 1.807) is 70.4 Å². The summed E-state index contributed by atoms with van der Waals surface area (Å²) < 4.78 is 49.1. The van der Waals surface area contributed by atoms with E-state index in [0.29, 0.717) is 16.8 Å². The van der Waals surface area contributed by atoms with Crippen LogP contribution in [0.5, 0.6) is 0 Å². The molecule has 14 nitrogen and oxygen atoms in total. The number of hydrogen-bond acceptors (Lipinski definition) is 12. The first kappa shape index (κ1) is 48.1. The van der Waals surface area contributed by atoms with E-state index in [9.17, 15) is 39.0 Å². The van der Waals surface area contributed by atoms with Gasteiger partial charge in [0, 0.05) is 59.6 Å². The van der Waals surface area contributed by atoms with Crippen LogP contribution >= 0.6 is 0 Å². The molecule has 9 atom stereocenters. The second-order valence-electron chi connectivity index (χ2n) is 19.5. The standard InChI is InChI=1S/C50H57F2N3O11/c1-46(2,3)66-45(62)54-26-35(44(61)55-33-14-13-32-25-53-20-17-31(32)21-33)30-11-9-29(10-12-30)27-64-42(59)7-6-8-43(60)65-28-41(58)49(63)19-16-36-37-23-39(51)38-22-34(56)15-18-47(38,4)50(37,52)40(57)24-48(36,49)5/h9-15,17-18,20-22,25,35-37,39-40,57,63H,6-8,16,19,23-24,26-28H2,1-5H3,(H,54,62)(H,55,61)/t35-,36+,37+,39+,40+,47+,48+,49+,50+/m1/s1. The zero-order valence-electron chi connectivity index (χ0n) is 37.7. The first-order valence-corrected chi connectivity index (χ1v) is 22.3. The molecule has 4 aliphatic rings. The number of pyridine rings is 1. The first-order chi connectivity index (χ1) is 31.1. The Morgan fingerprint density at radius 3 is 2.39 bits per heavy atom. The van der Waals surface area contributed by atoms with Gasteiger partial charge in [-0.15, -0.1) is 0 Å². The Morgan fingerprint density at radius 1 is 0.970 bits per heavy atom. The van der Waals surface area contributed by atoms with Crippen LogP contribution in [0.15, 0.2) is 84.7 Å². The molecule has 4 aliphatic carbocycles. The highest BCUT2D eigenvalue weighted by molar-refractivity contribution is 6.01. The van der Waals surface area contributed by atoms with Crippen LogP contribution in [0.1, 0.15) is 96.6 Å². The number of aromatic nitrogens is 1. The molecule has 4 N–H and O–H groups in total. The van der Waals surface area contributed by atoms with Crippen LogP contribution in [0.2, 0.25) is 0 Å². The molecule has 0 spiro atoms. The van der Waals surface area contributed by atoms with Crippen LogP contribution in [0, 0.1) is 22.7 Å². The van der Waals surface area contributed by atoms with Crippen molar-refractivity contribution in [2.45, 2.75) is 121 Å². The molecule has 1 heterocycles. The molecule has 3 fully saturated rings. The summed E-state index contributed by atoms with van der Waals surface area (Å²) in [5.41, 5.74) is -6.44. The number of fused-ring (bicyclic) bond motifs is 6. The summed E-state index contributed by atoms with van der Waals surface area (Å²) in [6, 6.07) is 14.0. The minimum Gasteiger partial charge on any atom is -0.461 e. The van der Waals surface area contributed by atoms with E-state index in [-0.39, 0.29) is 69.6 Å². The maximum Gasteiger partial charge on any atom is 0.407 e. The fourth-order valence-corrected chi connectivity index (χ4v) is 10.7. The van der Waals surface area contributed by atoms with Crippen molar-refractivity contribution < 1.29 is 62.0 Å². The molecule has 0 saturated heterocycles. The van der Waals surface area contributed by atoms with E-state index >= 15 is 8.78 Å². The molecule has 0 unspecified atom stereocenters.